The third-order valence-electron chi connectivity index (χ3n) is 2.89. The quantitative estimate of drug-likeness (QED) is 0.826. The van der Waals surface area contributed by atoms with Gasteiger partial charge in [0.15, 0.2) is 0 Å². The Bertz CT molecular complexity index is 393. The van der Waals surface area contributed by atoms with Gasteiger partial charge in [0, 0.05) is 12.6 Å². The summed E-state index contributed by atoms with van der Waals surface area (Å²) in [6.45, 7) is 6.14. The average Bonchev–Trinajstić information content (AvgIpc) is 2.97. The van der Waals surface area contributed by atoms with E-state index in [-0.39, 0.29) is 5.76 Å². The van der Waals surface area contributed by atoms with E-state index < -0.39 is 5.97 Å². The van der Waals surface area contributed by atoms with E-state index in [1.807, 2.05) is 0 Å². The normalized spacial score (nSPS) is 15.8. The van der Waals surface area contributed by atoms with Crippen molar-refractivity contribution in [3.05, 3.63) is 23.7 Å². The van der Waals surface area contributed by atoms with Crippen LogP contribution in [0.25, 0.3) is 0 Å². The first-order valence-corrected chi connectivity index (χ1v) is 6.12. The molecule has 0 aliphatic heterocycles. The summed E-state index contributed by atoms with van der Waals surface area (Å²) in [4.78, 5) is 13.1. The highest BCUT2D eigenvalue weighted by atomic mass is 16.4. The molecule has 2 rings (SSSR count). The number of rotatable bonds is 6. The molecule has 4 nitrogen and oxygen atoms in total. The number of hydrogen-bond acceptors (Lipinski definition) is 3. The summed E-state index contributed by atoms with van der Waals surface area (Å²) in [6, 6.07) is 3.95. The van der Waals surface area contributed by atoms with Crippen LogP contribution in [-0.4, -0.2) is 28.6 Å². The highest BCUT2D eigenvalue weighted by Gasteiger charge is 2.29. The van der Waals surface area contributed by atoms with Gasteiger partial charge in [0.05, 0.1) is 6.54 Å². The Morgan fingerprint density at radius 2 is 2.24 bits per heavy atom. The number of aromatic carboxylic acids is 1. The van der Waals surface area contributed by atoms with Crippen molar-refractivity contribution in [1.29, 1.82) is 0 Å². The molecule has 1 aromatic rings. The Hall–Kier alpha value is -1.29. The zero-order valence-electron chi connectivity index (χ0n) is 10.3. The van der Waals surface area contributed by atoms with Crippen molar-refractivity contribution in [2.75, 3.05) is 6.54 Å². The average molecular weight is 237 g/mol. The molecule has 1 aliphatic carbocycles. The second-order valence-electron chi connectivity index (χ2n) is 5.13. The second-order valence-corrected chi connectivity index (χ2v) is 5.13. The topological polar surface area (TPSA) is 53.7 Å². The lowest BCUT2D eigenvalue weighted by Crippen LogP contribution is -2.29. The van der Waals surface area contributed by atoms with Crippen LogP contribution in [0.4, 0.5) is 0 Å². The van der Waals surface area contributed by atoms with Gasteiger partial charge >= 0.3 is 5.97 Å². The molecule has 1 N–H and O–H groups in total. The van der Waals surface area contributed by atoms with Crippen molar-refractivity contribution in [2.45, 2.75) is 39.3 Å². The molecule has 1 fully saturated rings. The maximum atomic E-state index is 10.7. The Kier molecular flexibility index (Phi) is 3.52. The van der Waals surface area contributed by atoms with E-state index in [0.29, 0.717) is 12.0 Å². The van der Waals surface area contributed by atoms with Crippen LogP contribution in [0.3, 0.4) is 0 Å². The van der Waals surface area contributed by atoms with Gasteiger partial charge < -0.3 is 9.52 Å². The van der Waals surface area contributed by atoms with Gasteiger partial charge in [0.1, 0.15) is 5.76 Å². The summed E-state index contributed by atoms with van der Waals surface area (Å²) in [7, 11) is 0. The molecular formula is C13H19NO3. The van der Waals surface area contributed by atoms with Gasteiger partial charge in [-0.3, -0.25) is 4.90 Å². The zero-order chi connectivity index (χ0) is 12.4. The third kappa shape index (κ3) is 3.33. The maximum absolute atomic E-state index is 10.7. The van der Waals surface area contributed by atoms with Gasteiger partial charge in [-0.15, -0.1) is 0 Å². The van der Waals surface area contributed by atoms with Crippen LogP contribution >= 0.6 is 0 Å². The molecule has 1 heterocycles. The zero-order valence-corrected chi connectivity index (χ0v) is 10.3. The van der Waals surface area contributed by atoms with Crippen LogP contribution in [0.15, 0.2) is 16.5 Å². The van der Waals surface area contributed by atoms with Crippen LogP contribution in [0.5, 0.6) is 0 Å². The molecule has 0 saturated heterocycles. The first-order chi connectivity index (χ1) is 8.06. The van der Waals surface area contributed by atoms with Gasteiger partial charge in [-0.1, -0.05) is 13.8 Å². The summed E-state index contributed by atoms with van der Waals surface area (Å²) in [5, 5.41) is 8.79. The molecule has 0 aromatic carbocycles. The molecule has 0 spiro atoms. The van der Waals surface area contributed by atoms with Crippen molar-refractivity contribution < 1.29 is 14.3 Å². The Morgan fingerprint density at radius 3 is 2.71 bits per heavy atom. The van der Waals surface area contributed by atoms with Crippen LogP contribution in [0, 0.1) is 5.92 Å². The lowest BCUT2D eigenvalue weighted by molar-refractivity contribution is 0.0657. The van der Waals surface area contributed by atoms with E-state index in [2.05, 4.69) is 18.7 Å². The monoisotopic (exact) mass is 237 g/mol. The molecule has 1 aliphatic rings. The molecule has 0 atom stereocenters. The molecule has 4 heteroatoms. The van der Waals surface area contributed by atoms with Crippen LogP contribution < -0.4 is 0 Å². The molecule has 17 heavy (non-hydrogen) atoms. The highest BCUT2D eigenvalue weighted by molar-refractivity contribution is 5.84. The summed E-state index contributed by atoms with van der Waals surface area (Å²) in [6.07, 6.45) is 2.50. The maximum Gasteiger partial charge on any atom is 0.371 e. The van der Waals surface area contributed by atoms with Crippen LogP contribution in [0.2, 0.25) is 0 Å². The smallest absolute Gasteiger partial charge is 0.371 e. The lowest BCUT2D eigenvalue weighted by atomic mass is 10.2. The highest BCUT2D eigenvalue weighted by Crippen LogP contribution is 2.29. The molecule has 0 unspecified atom stereocenters. The van der Waals surface area contributed by atoms with E-state index in [4.69, 9.17) is 9.52 Å². The van der Waals surface area contributed by atoms with Gasteiger partial charge in [-0.2, -0.15) is 0 Å². The number of furan rings is 1. The van der Waals surface area contributed by atoms with Crippen LogP contribution in [0.1, 0.15) is 43.0 Å². The first-order valence-electron chi connectivity index (χ1n) is 6.12. The fourth-order valence-corrected chi connectivity index (χ4v) is 2.03. The summed E-state index contributed by atoms with van der Waals surface area (Å²) < 4.78 is 5.29. The number of carboxylic acid groups (broad SMARTS) is 1. The first kappa shape index (κ1) is 12.2. The molecule has 0 amide bonds. The molecule has 94 valence electrons. The predicted molar refractivity (Wildman–Crippen MR) is 63.9 cm³/mol. The number of carboxylic acids is 1. The van der Waals surface area contributed by atoms with E-state index >= 15 is 0 Å². The van der Waals surface area contributed by atoms with Gasteiger partial charge in [-0.05, 0) is 30.9 Å². The van der Waals surface area contributed by atoms with Crippen molar-refractivity contribution in [1.82, 2.24) is 4.90 Å². The molecule has 1 saturated carbocycles. The third-order valence-corrected chi connectivity index (χ3v) is 2.89. The largest absolute Gasteiger partial charge is 0.475 e. The van der Waals surface area contributed by atoms with Gasteiger partial charge in [0.2, 0.25) is 5.76 Å². The van der Waals surface area contributed by atoms with Crippen molar-refractivity contribution in [3.63, 3.8) is 0 Å². The molecule has 1 aromatic heterocycles. The SMILES string of the molecule is CC(C)CN(Cc1ccc(C(=O)O)o1)C1CC1. The number of hydrogen-bond donors (Lipinski definition) is 1. The van der Waals surface area contributed by atoms with Gasteiger partial charge in [-0.25, -0.2) is 4.79 Å². The molecule has 0 radical (unpaired) electrons. The number of nitrogens with zero attached hydrogens (tertiary/aromatic N) is 1. The van der Waals surface area contributed by atoms with E-state index in [9.17, 15) is 4.79 Å². The molecular weight excluding hydrogens is 218 g/mol. The van der Waals surface area contributed by atoms with E-state index in [0.717, 1.165) is 18.8 Å². The number of carbonyl (C=O) groups is 1. The summed E-state index contributed by atoms with van der Waals surface area (Å²) in [5.41, 5.74) is 0. The Morgan fingerprint density at radius 1 is 1.53 bits per heavy atom. The van der Waals surface area contributed by atoms with E-state index in [1.165, 1.54) is 18.9 Å². The predicted octanol–water partition coefficient (Wildman–Crippen LogP) is 2.60. The van der Waals surface area contributed by atoms with Crippen molar-refractivity contribution in [3.8, 4) is 0 Å². The fraction of sp³-hybridized carbons (Fsp3) is 0.615. The Labute approximate surface area is 101 Å². The second kappa shape index (κ2) is 4.92. The van der Waals surface area contributed by atoms with Crippen molar-refractivity contribution >= 4 is 5.97 Å². The minimum Gasteiger partial charge on any atom is -0.475 e. The Balaban J connectivity index is 1.98. The summed E-state index contributed by atoms with van der Waals surface area (Å²) >= 11 is 0. The van der Waals surface area contributed by atoms with Crippen LogP contribution in [-0.2, 0) is 6.54 Å². The fourth-order valence-electron chi connectivity index (χ4n) is 2.03. The minimum absolute atomic E-state index is 0.0280. The van der Waals surface area contributed by atoms with Gasteiger partial charge in [0.25, 0.3) is 0 Å². The minimum atomic E-state index is -1.00. The van der Waals surface area contributed by atoms with Crippen molar-refractivity contribution in [2.24, 2.45) is 5.92 Å². The molecule has 0 bridgehead atoms. The summed E-state index contributed by atoms with van der Waals surface area (Å²) in [5.74, 6) is 0.387. The standard InChI is InChI=1S/C13H19NO3/c1-9(2)7-14(10-3-4-10)8-11-5-6-12(17-11)13(15)16/h5-6,9-10H,3-4,7-8H2,1-2H3,(H,15,16). The lowest BCUT2D eigenvalue weighted by Gasteiger charge is -2.22. The van der Waals surface area contributed by atoms with E-state index in [1.54, 1.807) is 6.07 Å².